The second kappa shape index (κ2) is 8.05. The molecule has 0 amide bonds. The molecule has 30 heavy (non-hydrogen) atoms. The number of hydrogen-bond acceptors (Lipinski definition) is 2. The van der Waals surface area contributed by atoms with Gasteiger partial charge in [-0.1, -0.05) is 89.5 Å². The Kier molecular flexibility index (Phi) is 5.99. The molecule has 0 unspecified atom stereocenters. The van der Waals surface area contributed by atoms with E-state index < -0.39 is 22.6 Å². The molecule has 0 spiro atoms. The molecular weight excluding hydrogens is 430 g/mol. The van der Waals surface area contributed by atoms with Crippen molar-refractivity contribution >= 4 is 33.0 Å². The Balaban J connectivity index is 2.53. The van der Waals surface area contributed by atoms with Crippen molar-refractivity contribution in [2.75, 3.05) is 0 Å². The number of hydrogen-bond donors (Lipinski definition) is 0. The van der Waals surface area contributed by atoms with Crippen LogP contribution in [0.15, 0.2) is 76.9 Å². The summed E-state index contributed by atoms with van der Waals surface area (Å²) in [6.07, 6.45) is 0. The number of benzene rings is 3. The van der Waals surface area contributed by atoms with Crippen molar-refractivity contribution in [3.63, 3.8) is 0 Å². The maximum absolute atomic E-state index is 13.4. The van der Waals surface area contributed by atoms with Crippen molar-refractivity contribution in [2.24, 2.45) is 4.15 Å². The molecule has 0 radical (unpaired) electrons. The lowest BCUT2D eigenvalue weighted by molar-refractivity contribution is -0.0434. The number of rotatable bonds is 4. The first kappa shape index (κ1) is 22.3. The molecule has 0 fully saturated rings. The zero-order valence-electron chi connectivity index (χ0n) is 16.7. The quantitative estimate of drug-likeness (QED) is 0.528. The Morgan fingerprint density at radius 1 is 0.633 bits per heavy atom. The second-order valence-electron chi connectivity index (χ2n) is 7.14. The van der Waals surface area contributed by atoms with Crippen LogP contribution in [0.25, 0.3) is 0 Å². The van der Waals surface area contributed by atoms with Gasteiger partial charge in [0.2, 0.25) is 0 Å². The average molecular weight is 451 g/mol. The summed E-state index contributed by atoms with van der Waals surface area (Å²) in [4.78, 5) is 0. The lowest BCUT2D eigenvalue weighted by atomic mass is 10.2. The number of sulfonamides is 1. The smallest absolute Gasteiger partial charge is 0.195 e. The monoisotopic (exact) mass is 451 g/mol. The highest BCUT2D eigenvalue weighted by Crippen LogP contribution is 2.49. The van der Waals surface area contributed by atoms with Crippen LogP contribution in [-0.2, 0) is 10.0 Å². The van der Waals surface area contributed by atoms with Gasteiger partial charge in [0.05, 0.1) is 7.05 Å². The van der Waals surface area contributed by atoms with E-state index in [4.69, 9.17) is 0 Å². The molecule has 0 aliphatic carbocycles. The number of nitrogens with zero attached hydrogens (tertiary/aromatic N) is 1. The Labute approximate surface area is 174 Å². The molecule has 158 valence electrons. The number of alkyl halides is 3. The second-order valence-corrected chi connectivity index (χ2v) is 12.0. The van der Waals surface area contributed by atoms with Crippen LogP contribution in [0.5, 0.6) is 0 Å². The van der Waals surface area contributed by atoms with Crippen LogP contribution in [0.1, 0.15) is 16.7 Å². The summed E-state index contributed by atoms with van der Waals surface area (Å²) < 4.78 is 68.6. The summed E-state index contributed by atoms with van der Waals surface area (Å²) in [6.45, 7) is 5.56. The highest BCUT2D eigenvalue weighted by molar-refractivity contribution is 8.00. The van der Waals surface area contributed by atoms with Crippen molar-refractivity contribution in [3.8, 4) is 0 Å². The maximum Gasteiger partial charge on any atom is 0.518 e. The lowest BCUT2D eigenvalue weighted by Crippen LogP contribution is -2.29. The fourth-order valence-electron chi connectivity index (χ4n) is 3.08. The molecular formula is C22H21F3NO2PS. The summed E-state index contributed by atoms with van der Waals surface area (Å²) in [5.74, 6) is 0. The highest BCUT2D eigenvalue weighted by Gasteiger charge is 2.48. The maximum atomic E-state index is 13.4. The fourth-order valence-corrected chi connectivity index (χ4v) is 8.51. The normalized spacial score (nSPS) is 12.6. The van der Waals surface area contributed by atoms with Crippen molar-refractivity contribution in [2.45, 2.75) is 26.3 Å². The minimum absolute atomic E-state index is 0.439. The van der Waals surface area contributed by atoms with Gasteiger partial charge >= 0.3 is 15.5 Å². The van der Waals surface area contributed by atoms with E-state index in [0.717, 1.165) is 16.7 Å². The predicted molar refractivity (Wildman–Crippen MR) is 117 cm³/mol. The number of halogens is 3. The standard InChI is InChI=1S/C22H21F3NO2PS/c1-16-4-10-19(11-5-16)29(20-12-6-17(2)7-13-20,21-14-8-18(3)9-15-21)26-30(27,28)22(23,24)25/h4-15H,1-3H3. The van der Waals surface area contributed by atoms with E-state index in [1.807, 2.05) is 20.8 Å². The molecule has 3 rings (SSSR count). The van der Waals surface area contributed by atoms with Crippen LogP contribution in [0.3, 0.4) is 0 Å². The highest BCUT2D eigenvalue weighted by atomic mass is 32.2. The van der Waals surface area contributed by atoms with Gasteiger partial charge in [0, 0.05) is 15.9 Å². The fraction of sp³-hybridized carbons (Fsp3) is 0.182. The van der Waals surface area contributed by atoms with Gasteiger partial charge in [-0.3, -0.25) is 0 Å². The molecule has 0 heterocycles. The van der Waals surface area contributed by atoms with Crippen LogP contribution < -0.4 is 15.9 Å². The van der Waals surface area contributed by atoms with Gasteiger partial charge in [-0.25, -0.2) is 0 Å². The van der Waals surface area contributed by atoms with Crippen molar-refractivity contribution < 1.29 is 21.6 Å². The first-order valence-electron chi connectivity index (χ1n) is 9.12. The Bertz CT molecular complexity index is 1080. The van der Waals surface area contributed by atoms with Crippen molar-refractivity contribution in [1.29, 1.82) is 0 Å². The lowest BCUT2D eigenvalue weighted by Gasteiger charge is -2.27. The van der Waals surface area contributed by atoms with Gasteiger partial charge in [-0.2, -0.15) is 25.7 Å². The molecule has 3 nitrogen and oxygen atoms in total. The summed E-state index contributed by atoms with van der Waals surface area (Å²) in [6, 6.07) is 20.5. The third-order valence-electron chi connectivity index (χ3n) is 4.75. The van der Waals surface area contributed by atoms with Crippen LogP contribution >= 0.6 is 7.05 Å². The van der Waals surface area contributed by atoms with Crippen LogP contribution in [0.2, 0.25) is 0 Å². The molecule has 0 bridgehead atoms. The molecule has 3 aromatic carbocycles. The first-order chi connectivity index (χ1) is 14.0. The Morgan fingerprint density at radius 2 is 0.900 bits per heavy atom. The summed E-state index contributed by atoms with van der Waals surface area (Å²) in [5.41, 5.74) is -2.77. The van der Waals surface area contributed by atoms with Gasteiger partial charge < -0.3 is 0 Å². The minimum atomic E-state index is -5.76. The summed E-state index contributed by atoms with van der Waals surface area (Å²) in [5, 5.41) is 1.32. The largest absolute Gasteiger partial charge is 0.518 e. The first-order valence-corrected chi connectivity index (χ1v) is 12.3. The van der Waals surface area contributed by atoms with Crippen LogP contribution in [0.4, 0.5) is 13.2 Å². The third-order valence-corrected chi connectivity index (χ3v) is 10.3. The van der Waals surface area contributed by atoms with E-state index in [1.54, 1.807) is 72.8 Å². The van der Waals surface area contributed by atoms with E-state index in [-0.39, 0.29) is 0 Å². The molecule has 3 aromatic rings. The van der Waals surface area contributed by atoms with Crippen LogP contribution in [-0.4, -0.2) is 13.9 Å². The summed E-state index contributed by atoms with van der Waals surface area (Å²) >= 11 is 0. The van der Waals surface area contributed by atoms with Gasteiger partial charge in [0.25, 0.3) is 0 Å². The van der Waals surface area contributed by atoms with Gasteiger partial charge in [0.1, 0.15) is 0 Å². The molecule has 0 aliphatic heterocycles. The average Bonchev–Trinajstić information content (AvgIpc) is 2.67. The number of aryl methyl sites for hydroxylation is 3. The van der Waals surface area contributed by atoms with Gasteiger partial charge in [0.15, 0.2) is 0 Å². The van der Waals surface area contributed by atoms with E-state index in [1.165, 1.54) is 0 Å². The van der Waals surface area contributed by atoms with E-state index in [9.17, 15) is 21.6 Å². The third kappa shape index (κ3) is 4.23. The minimum Gasteiger partial charge on any atom is -0.195 e. The summed E-state index contributed by atoms with van der Waals surface area (Å²) in [7, 11) is -9.27. The van der Waals surface area contributed by atoms with E-state index in [2.05, 4.69) is 4.15 Å². The van der Waals surface area contributed by atoms with E-state index in [0.29, 0.717) is 15.9 Å². The molecule has 0 N–H and O–H groups in total. The van der Waals surface area contributed by atoms with Crippen LogP contribution in [0, 0.1) is 20.8 Å². The Morgan fingerprint density at radius 3 is 1.13 bits per heavy atom. The topological polar surface area (TPSA) is 46.5 Å². The van der Waals surface area contributed by atoms with Gasteiger partial charge in [-0.05, 0) is 20.8 Å². The predicted octanol–water partition coefficient (Wildman–Crippen LogP) is 4.94. The SMILES string of the molecule is Cc1ccc(P(=NS(=O)(=O)C(F)(F)F)(c2ccc(C)cc2)c2ccc(C)cc2)cc1. The molecule has 0 aromatic heterocycles. The molecule has 0 aliphatic rings. The van der Waals surface area contributed by atoms with Crippen molar-refractivity contribution in [3.05, 3.63) is 89.5 Å². The van der Waals surface area contributed by atoms with Gasteiger partial charge in [-0.15, -0.1) is 0 Å². The molecule has 0 saturated heterocycles. The molecule has 8 heteroatoms. The Hall–Kier alpha value is -2.37. The molecule has 0 atom stereocenters. The molecule has 0 saturated carbocycles. The zero-order chi connectivity index (χ0) is 22.2. The van der Waals surface area contributed by atoms with E-state index >= 15 is 0 Å². The zero-order valence-corrected chi connectivity index (χ0v) is 18.4. The van der Waals surface area contributed by atoms with Crippen molar-refractivity contribution in [1.82, 2.24) is 0 Å².